The van der Waals surface area contributed by atoms with E-state index in [1.165, 1.54) is 6.07 Å². The van der Waals surface area contributed by atoms with Crippen molar-refractivity contribution in [2.45, 2.75) is 36.9 Å². The van der Waals surface area contributed by atoms with Crippen molar-refractivity contribution < 1.29 is 31.1 Å². The maximum absolute atomic E-state index is 13.4. The molecule has 0 aromatic heterocycles. The van der Waals surface area contributed by atoms with E-state index in [0.717, 1.165) is 28.1 Å². The van der Waals surface area contributed by atoms with Crippen LogP contribution < -0.4 is 0 Å². The van der Waals surface area contributed by atoms with Gasteiger partial charge in [0.15, 0.2) is 0 Å². The Morgan fingerprint density at radius 3 is 2.48 bits per heavy atom. The number of hydrogen-bond acceptors (Lipinski definition) is 4. The van der Waals surface area contributed by atoms with E-state index < -0.39 is 38.7 Å². The van der Waals surface area contributed by atoms with Crippen LogP contribution in [0.2, 0.25) is 0 Å². The summed E-state index contributed by atoms with van der Waals surface area (Å²) in [6.07, 6.45) is -4.77. The number of carbonyl (C=O) groups excluding carboxylic acids is 1. The van der Waals surface area contributed by atoms with Crippen LogP contribution in [0.15, 0.2) is 53.4 Å². The Balaban J connectivity index is 2.09. The van der Waals surface area contributed by atoms with Crippen molar-refractivity contribution in [3.05, 3.63) is 65.2 Å². The van der Waals surface area contributed by atoms with Gasteiger partial charge in [-0.15, -0.1) is 0 Å². The van der Waals surface area contributed by atoms with Gasteiger partial charge in [0.2, 0.25) is 10.0 Å². The van der Waals surface area contributed by atoms with Gasteiger partial charge in [-0.2, -0.15) is 17.5 Å². The Bertz CT molecular complexity index is 1000. The molecule has 1 atom stereocenters. The number of benzene rings is 2. The molecule has 0 bridgehead atoms. The lowest BCUT2D eigenvalue weighted by molar-refractivity contribution is -0.144. The highest BCUT2D eigenvalue weighted by molar-refractivity contribution is 7.89. The molecule has 0 aliphatic carbocycles. The fourth-order valence-corrected chi connectivity index (χ4v) is 5.38. The third-order valence-corrected chi connectivity index (χ3v) is 6.77. The number of hydrogen-bond donors (Lipinski definition) is 0. The third-order valence-electron chi connectivity index (χ3n) is 4.81. The van der Waals surface area contributed by atoms with E-state index in [-0.39, 0.29) is 19.6 Å². The minimum atomic E-state index is -4.83. The molecule has 0 saturated carbocycles. The minimum Gasteiger partial charge on any atom is -0.466 e. The van der Waals surface area contributed by atoms with Crippen LogP contribution in [-0.2, 0) is 32.2 Å². The number of esters is 1. The van der Waals surface area contributed by atoms with Gasteiger partial charge in [-0.3, -0.25) is 4.79 Å². The number of nitrogens with zero attached hydrogens (tertiary/aromatic N) is 1. The molecule has 5 nitrogen and oxygen atoms in total. The Morgan fingerprint density at radius 2 is 1.79 bits per heavy atom. The molecule has 2 aromatic rings. The van der Waals surface area contributed by atoms with E-state index in [1.54, 1.807) is 25.1 Å². The lowest BCUT2D eigenvalue weighted by Crippen LogP contribution is -2.41. The Morgan fingerprint density at radius 1 is 1.14 bits per heavy atom. The summed E-state index contributed by atoms with van der Waals surface area (Å²) in [5, 5.41) is 0. The number of rotatable bonds is 5. The predicted molar refractivity (Wildman–Crippen MR) is 99.5 cm³/mol. The monoisotopic (exact) mass is 427 g/mol. The van der Waals surface area contributed by atoms with Crippen LogP contribution in [0.3, 0.4) is 0 Å². The second-order valence-electron chi connectivity index (χ2n) is 6.58. The minimum absolute atomic E-state index is 0.0321. The highest BCUT2D eigenvalue weighted by Crippen LogP contribution is 2.40. The molecule has 0 radical (unpaired) electrons. The standard InChI is InChI=1S/C20H20F3NO4S/c1-2-28-19(25)13-17-15-8-4-3-7-14(15)11-12-24(17)29(26,27)18-10-6-5-9-16(18)20(21,22)23/h3-10,17H,2,11-13H2,1H3/t17-/m0/s1. The summed E-state index contributed by atoms with van der Waals surface area (Å²) < 4.78 is 72.8. The number of ether oxygens (including phenoxy) is 1. The first-order valence-corrected chi connectivity index (χ1v) is 10.5. The SMILES string of the molecule is CCOC(=O)C[C@H]1c2ccccc2CCN1S(=O)(=O)c1ccccc1C(F)(F)F. The first kappa shape index (κ1) is 21.3. The van der Waals surface area contributed by atoms with Gasteiger partial charge in [0.1, 0.15) is 0 Å². The molecule has 0 spiro atoms. The molecule has 1 heterocycles. The second kappa shape index (κ2) is 8.16. The Kier molecular flexibility index (Phi) is 6.00. The van der Waals surface area contributed by atoms with E-state index in [4.69, 9.17) is 4.74 Å². The van der Waals surface area contributed by atoms with Gasteiger partial charge in [-0.05, 0) is 36.6 Å². The summed E-state index contributed by atoms with van der Waals surface area (Å²) in [6, 6.07) is 10.2. The van der Waals surface area contributed by atoms with E-state index >= 15 is 0 Å². The van der Waals surface area contributed by atoms with Gasteiger partial charge >= 0.3 is 12.1 Å². The maximum Gasteiger partial charge on any atom is 0.417 e. The average molecular weight is 427 g/mol. The number of halogens is 3. The first-order valence-electron chi connectivity index (χ1n) is 9.07. The van der Waals surface area contributed by atoms with E-state index in [2.05, 4.69) is 0 Å². The largest absolute Gasteiger partial charge is 0.466 e. The molecule has 1 aliphatic rings. The molecule has 0 saturated heterocycles. The van der Waals surface area contributed by atoms with Crippen LogP contribution in [0.25, 0.3) is 0 Å². The summed E-state index contributed by atoms with van der Waals surface area (Å²) in [4.78, 5) is 11.3. The molecule has 0 fully saturated rings. The third kappa shape index (κ3) is 4.30. The van der Waals surface area contributed by atoms with Gasteiger partial charge in [0.05, 0.1) is 29.5 Å². The van der Waals surface area contributed by atoms with Crippen LogP contribution in [0.1, 0.15) is 36.1 Å². The van der Waals surface area contributed by atoms with Gasteiger partial charge in [-0.1, -0.05) is 36.4 Å². The normalized spacial score (nSPS) is 17.6. The van der Waals surface area contributed by atoms with Crippen molar-refractivity contribution in [3.8, 4) is 0 Å². The smallest absolute Gasteiger partial charge is 0.417 e. The summed E-state index contributed by atoms with van der Waals surface area (Å²) in [5.41, 5.74) is 0.228. The van der Waals surface area contributed by atoms with Crippen LogP contribution in [0, 0.1) is 0 Å². The van der Waals surface area contributed by atoms with Crippen molar-refractivity contribution in [3.63, 3.8) is 0 Å². The Labute approximate surface area is 167 Å². The zero-order valence-corrected chi connectivity index (χ0v) is 16.5. The van der Waals surface area contributed by atoms with Gasteiger partial charge in [0.25, 0.3) is 0 Å². The number of sulfonamides is 1. The average Bonchev–Trinajstić information content (AvgIpc) is 2.67. The summed E-state index contributed by atoms with van der Waals surface area (Å²) in [7, 11) is -4.52. The van der Waals surface area contributed by atoms with E-state index in [9.17, 15) is 26.4 Å². The van der Waals surface area contributed by atoms with Crippen LogP contribution in [0.5, 0.6) is 0 Å². The second-order valence-corrected chi connectivity index (χ2v) is 8.44. The fraction of sp³-hybridized carbons (Fsp3) is 0.350. The van der Waals surface area contributed by atoms with Gasteiger partial charge < -0.3 is 4.74 Å². The Hall–Kier alpha value is -2.39. The van der Waals surface area contributed by atoms with Crippen molar-refractivity contribution in [1.29, 1.82) is 0 Å². The van der Waals surface area contributed by atoms with Crippen molar-refractivity contribution in [1.82, 2.24) is 4.31 Å². The fourth-order valence-electron chi connectivity index (χ4n) is 3.56. The zero-order chi connectivity index (χ0) is 21.2. The molecule has 2 aromatic carbocycles. The van der Waals surface area contributed by atoms with E-state index in [0.29, 0.717) is 12.0 Å². The molecule has 0 amide bonds. The van der Waals surface area contributed by atoms with Gasteiger partial charge in [-0.25, -0.2) is 8.42 Å². The van der Waals surface area contributed by atoms with Crippen LogP contribution in [-0.4, -0.2) is 31.8 Å². The lowest BCUT2D eigenvalue weighted by atomic mass is 9.92. The van der Waals surface area contributed by atoms with Crippen molar-refractivity contribution in [2.75, 3.05) is 13.2 Å². The summed E-state index contributed by atoms with van der Waals surface area (Å²) in [5.74, 6) is -0.612. The molecule has 0 unspecified atom stereocenters. The molecular weight excluding hydrogens is 407 g/mol. The number of fused-ring (bicyclic) bond motifs is 1. The number of alkyl halides is 3. The van der Waals surface area contributed by atoms with Crippen LogP contribution >= 0.6 is 0 Å². The highest BCUT2D eigenvalue weighted by atomic mass is 32.2. The lowest BCUT2D eigenvalue weighted by Gasteiger charge is -2.36. The molecule has 29 heavy (non-hydrogen) atoms. The molecule has 156 valence electrons. The molecular formula is C20H20F3NO4S. The predicted octanol–water partition coefficient (Wildman–Crippen LogP) is 3.95. The molecule has 0 N–H and O–H groups in total. The molecule has 3 rings (SSSR count). The van der Waals surface area contributed by atoms with E-state index in [1.807, 2.05) is 6.07 Å². The van der Waals surface area contributed by atoms with Crippen molar-refractivity contribution in [2.24, 2.45) is 0 Å². The van der Waals surface area contributed by atoms with Crippen LogP contribution in [0.4, 0.5) is 13.2 Å². The molecule has 1 aliphatic heterocycles. The quantitative estimate of drug-likeness (QED) is 0.678. The van der Waals surface area contributed by atoms with Gasteiger partial charge in [0, 0.05) is 6.54 Å². The zero-order valence-electron chi connectivity index (χ0n) is 15.6. The number of carbonyl (C=O) groups is 1. The highest BCUT2D eigenvalue weighted by Gasteiger charge is 2.42. The summed E-state index contributed by atoms with van der Waals surface area (Å²) in [6.45, 7) is 1.72. The molecule has 9 heteroatoms. The van der Waals surface area contributed by atoms with Crippen molar-refractivity contribution >= 4 is 16.0 Å². The summed E-state index contributed by atoms with van der Waals surface area (Å²) >= 11 is 0. The maximum atomic E-state index is 13.4. The first-order chi connectivity index (χ1) is 13.7. The topological polar surface area (TPSA) is 63.7 Å².